The van der Waals surface area contributed by atoms with Gasteiger partial charge in [0, 0.05) is 56.4 Å². The molecule has 0 bridgehead atoms. The third-order valence-electron chi connectivity index (χ3n) is 6.93. The molecule has 28 heavy (non-hydrogen) atoms. The highest BCUT2D eigenvalue weighted by Crippen LogP contribution is 2.44. The molecule has 2 saturated heterocycles. The smallest absolute Gasteiger partial charge is 0.226 e. The van der Waals surface area contributed by atoms with Gasteiger partial charge in [-0.2, -0.15) is 11.8 Å². The van der Waals surface area contributed by atoms with Crippen molar-refractivity contribution in [2.45, 2.75) is 19.8 Å². The average molecular weight is 402 g/mol. The summed E-state index contributed by atoms with van der Waals surface area (Å²) < 4.78 is 0. The zero-order valence-electron chi connectivity index (χ0n) is 17.7. The first-order valence-corrected chi connectivity index (χ1v) is 12.0. The van der Waals surface area contributed by atoms with E-state index in [1.807, 2.05) is 11.8 Å². The lowest BCUT2D eigenvalue weighted by atomic mass is 9.80. The SMILES string of the molecule is CCSCCN1C[C@H]2CN(C(=O)C3Cc4ccccc4C3)C[C@@]2(CN(C)C)C1. The van der Waals surface area contributed by atoms with Crippen LogP contribution in [-0.4, -0.2) is 85.5 Å². The van der Waals surface area contributed by atoms with Gasteiger partial charge >= 0.3 is 0 Å². The number of carbonyl (C=O) groups is 1. The normalized spacial score (nSPS) is 27.6. The van der Waals surface area contributed by atoms with Crippen LogP contribution in [0.2, 0.25) is 0 Å². The first-order chi connectivity index (χ1) is 13.5. The molecule has 3 aliphatic rings. The second-order valence-electron chi connectivity index (χ2n) is 9.32. The Bertz CT molecular complexity index is 684. The van der Waals surface area contributed by atoms with E-state index in [4.69, 9.17) is 0 Å². The van der Waals surface area contributed by atoms with E-state index in [0.29, 0.717) is 11.8 Å². The molecular formula is C23H35N3OS. The van der Waals surface area contributed by atoms with Gasteiger partial charge < -0.3 is 14.7 Å². The molecule has 2 heterocycles. The Morgan fingerprint density at radius 3 is 2.54 bits per heavy atom. The van der Waals surface area contributed by atoms with E-state index < -0.39 is 0 Å². The minimum absolute atomic E-state index is 0.157. The van der Waals surface area contributed by atoms with Crippen LogP contribution in [-0.2, 0) is 17.6 Å². The molecule has 5 heteroatoms. The van der Waals surface area contributed by atoms with Crippen LogP contribution in [0.25, 0.3) is 0 Å². The lowest BCUT2D eigenvalue weighted by Crippen LogP contribution is -2.44. The monoisotopic (exact) mass is 401 g/mol. The number of fused-ring (bicyclic) bond motifs is 2. The number of hydrogen-bond acceptors (Lipinski definition) is 4. The van der Waals surface area contributed by atoms with E-state index in [0.717, 1.165) is 45.6 Å². The second-order valence-corrected chi connectivity index (χ2v) is 10.7. The summed E-state index contributed by atoms with van der Waals surface area (Å²) in [5.74, 6) is 3.60. The predicted octanol–water partition coefficient (Wildman–Crippen LogP) is 2.48. The Morgan fingerprint density at radius 2 is 1.89 bits per heavy atom. The summed E-state index contributed by atoms with van der Waals surface area (Å²) in [6.07, 6.45) is 1.86. The highest BCUT2D eigenvalue weighted by Gasteiger charge is 2.53. The molecular weight excluding hydrogens is 366 g/mol. The van der Waals surface area contributed by atoms with Gasteiger partial charge in [0.1, 0.15) is 0 Å². The maximum atomic E-state index is 13.4. The fourth-order valence-electron chi connectivity index (χ4n) is 5.81. The summed E-state index contributed by atoms with van der Waals surface area (Å²) >= 11 is 2.04. The van der Waals surface area contributed by atoms with Crippen LogP contribution in [0.1, 0.15) is 18.1 Å². The molecule has 0 unspecified atom stereocenters. The highest BCUT2D eigenvalue weighted by molar-refractivity contribution is 7.99. The first kappa shape index (κ1) is 20.2. The summed E-state index contributed by atoms with van der Waals surface area (Å²) in [4.78, 5) is 20.6. The van der Waals surface area contributed by atoms with E-state index in [-0.39, 0.29) is 11.3 Å². The zero-order valence-corrected chi connectivity index (χ0v) is 18.5. The summed E-state index contributed by atoms with van der Waals surface area (Å²) in [6.45, 7) is 8.72. The van der Waals surface area contributed by atoms with Crippen LogP contribution in [0, 0.1) is 17.3 Å². The van der Waals surface area contributed by atoms with Crippen molar-refractivity contribution in [1.29, 1.82) is 0 Å². The molecule has 1 amide bonds. The molecule has 0 saturated carbocycles. The van der Waals surface area contributed by atoms with Gasteiger partial charge in [-0.05, 0) is 49.7 Å². The van der Waals surface area contributed by atoms with E-state index in [1.54, 1.807) is 0 Å². The fraction of sp³-hybridized carbons (Fsp3) is 0.696. The van der Waals surface area contributed by atoms with Crippen molar-refractivity contribution in [2.75, 3.05) is 64.9 Å². The molecule has 154 valence electrons. The minimum atomic E-state index is 0.157. The van der Waals surface area contributed by atoms with Crippen LogP contribution < -0.4 is 0 Å². The van der Waals surface area contributed by atoms with Crippen molar-refractivity contribution >= 4 is 17.7 Å². The average Bonchev–Trinajstić information content (AvgIpc) is 3.30. The molecule has 4 rings (SSSR count). The summed E-state index contributed by atoms with van der Waals surface area (Å²) in [6, 6.07) is 8.59. The Labute approximate surface area is 174 Å². The van der Waals surface area contributed by atoms with Crippen molar-refractivity contribution in [3.05, 3.63) is 35.4 Å². The molecule has 4 nitrogen and oxygen atoms in total. The maximum absolute atomic E-state index is 13.4. The zero-order chi connectivity index (χ0) is 19.7. The van der Waals surface area contributed by atoms with Gasteiger partial charge in [-0.3, -0.25) is 4.79 Å². The van der Waals surface area contributed by atoms with Gasteiger partial charge in [0.25, 0.3) is 0 Å². The topological polar surface area (TPSA) is 26.8 Å². The van der Waals surface area contributed by atoms with E-state index in [9.17, 15) is 4.79 Å². The Hall–Kier alpha value is -1.04. The van der Waals surface area contributed by atoms with Crippen molar-refractivity contribution in [1.82, 2.24) is 14.7 Å². The third kappa shape index (κ3) is 3.99. The van der Waals surface area contributed by atoms with Gasteiger partial charge in [-0.25, -0.2) is 0 Å². The maximum Gasteiger partial charge on any atom is 0.226 e. The number of hydrogen-bond donors (Lipinski definition) is 0. The van der Waals surface area contributed by atoms with Crippen LogP contribution in [0.15, 0.2) is 24.3 Å². The number of benzene rings is 1. The number of amides is 1. The third-order valence-corrected chi connectivity index (χ3v) is 7.81. The molecule has 0 aromatic heterocycles. The van der Waals surface area contributed by atoms with Gasteiger partial charge in [0.2, 0.25) is 5.91 Å². The molecule has 0 spiro atoms. The van der Waals surface area contributed by atoms with Gasteiger partial charge in [0.15, 0.2) is 0 Å². The molecule has 2 aliphatic heterocycles. The van der Waals surface area contributed by atoms with Gasteiger partial charge in [-0.1, -0.05) is 31.2 Å². The van der Waals surface area contributed by atoms with Crippen LogP contribution in [0.5, 0.6) is 0 Å². The molecule has 2 fully saturated rings. The van der Waals surface area contributed by atoms with Crippen LogP contribution >= 0.6 is 11.8 Å². The molecule has 1 aliphatic carbocycles. The number of rotatable bonds is 7. The molecule has 0 N–H and O–H groups in total. The van der Waals surface area contributed by atoms with Crippen molar-refractivity contribution < 1.29 is 4.79 Å². The molecule has 1 aromatic rings. The van der Waals surface area contributed by atoms with E-state index in [1.165, 1.54) is 29.2 Å². The lowest BCUT2D eigenvalue weighted by Gasteiger charge is -2.32. The lowest BCUT2D eigenvalue weighted by molar-refractivity contribution is -0.134. The number of carbonyl (C=O) groups excluding carboxylic acids is 1. The Kier molecular flexibility index (Phi) is 6.05. The van der Waals surface area contributed by atoms with Crippen molar-refractivity contribution in [3.63, 3.8) is 0 Å². The van der Waals surface area contributed by atoms with Gasteiger partial charge in [0.05, 0.1) is 0 Å². The second kappa shape index (κ2) is 8.37. The highest BCUT2D eigenvalue weighted by atomic mass is 32.2. The quantitative estimate of drug-likeness (QED) is 0.656. The fourth-order valence-corrected chi connectivity index (χ4v) is 6.49. The minimum Gasteiger partial charge on any atom is -0.341 e. The largest absolute Gasteiger partial charge is 0.341 e. The first-order valence-electron chi connectivity index (χ1n) is 10.8. The standard InChI is InChI=1S/C23H35N3OS/c1-4-28-10-9-25-13-21-14-26(17-23(21,16-25)15-24(2)3)22(27)20-11-18-7-5-6-8-19(18)12-20/h5-8,20-21H,4,9-17H2,1-3H3/t21-,23+/m0/s1. The molecule has 0 radical (unpaired) electrons. The Morgan fingerprint density at radius 1 is 1.18 bits per heavy atom. The Balaban J connectivity index is 1.41. The van der Waals surface area contributed by atoms with Crippen LogP contribution in [0.3, 0.4) is 0 Å². The molecule has 1 aromatic carbocycles. The predicted molar refractivity (Wildman–Crippen MR) is 118 cm³/mol. The van der Waals surface area contributed by atoms with E-state index in [2.05, 4.69) is 60.0 Å². The van der Waals surface area contributed by atoms with E-state index >= 15 is 0 Å². The summed E-state index contributed by atoms with van der Waals surface area (Å²) in [5.41, 5.74) is 3.01. The number of likely N-dealkylation sites (tertiary alicyclic amines) is 2. The van der Waals surface area contributed by atoms with Crippen LogP contribution in [0.4, 0.5) is 0 Å². The summed E-state index contributed by atoms with van der Waals surface area (Å²) in [7, 11) is 4.36. The number of thioether (sulfide) groups is 1. The molecule has 2 atom stereocenters. The number of nitrogens with zero attached hydrogens (tertiary/aromatic N) is 3. The van der Waals surface area contributed by atoms with Gasteiger partial charge in [-0.15, -0.1) is 0 Å². The summed E-state index contributed by atoms with van der Waals surface area (Å²) in [5, 5.41) is 0. The van der Waals surface area contributed by atoms with Crippen molar-refractivity contribution in [2.24, 2.45) is 17.3 Å². The van der Waals surface area contributed by atoms with Crippen molar-refractivity contribution in [3.8, 4) is 0 Å².